The monoisotopic (exact) mass is 599 g/mol. The highest BCUT2D eigenvalue weighted by atomic mass is 35.5. The van der Waals surface area contributed by atoms with E-state index in [1.807, 2.05) is 43.6 Å². The maximum absolute atomic E-state index is 13.0. The van der Waals surface area contributed by atoms with Crippen molar-refractivity contribution < 1.29 is 9.59 Å². The van der Waals surface area contributed by atoms with Crippen LogP contribution in [0.15, 0.2) is 73.1 Å². The van der Waals surface area contributed by atoms with Gasteiger partial charge in [-0.15, -0.1) is 0 Å². The van der Waals surface area contributed by atoms with Gasteiger partial charge in [0.25, 0.3) is 5.91 Å². The molecule has 1 aliphatic rings. The van der Waals surface area contributed by atoms with Crippen LogP contribution in [0.4, 0.5) is 11.6 Å². The average molecular weight is 600 g/mol. The van der Waals surface area contributed by atoms with Crippen LogP contribution in [-0.4, -0.2) is 63.4 Å². The highest BCUT2D eigenvalue weighted by molar-refractivity contribution is 6.33. The highest BCUT2D eigenvalue weighted by Gasteiger charge is 2.25. The quantitative estimate of drug-likeness (QED) is 0.160. The van der Waals surface area contributed by atoms with E-state index in [9.17, 15) is 9.59 Å². The summed E-state index contributed by atoms with van der Waals surface area (Å²) in [5.41, 5.74) is 3.81. The van der Waals surface area contributed by atoms with Crippen molar-refractivity contribution >= 4 is 46.0 Å². The predicted octanol–water partition coefficient (Wildman–Crippen LogP) is 6.27. The van der Waals surface area contributed by atoms with Gasteiger partial charge in [-0.2, -0.15) is 0 Å². The van der Waals surface area contributed by atoms with E-state index < -0.39 is 0 Å². The summed E-state index contributed by atoms with van der Waals surface area (Å²) in [7, 11) is 2.01. The molecule has 10 heteroatoms. The number of aromatic amines is 1. The minimum atomic E-state index is -0.201. The molecule has 1 fully saturated rings. The van der Waals surface area contributed by atoms with Gasteiger partial charge in [-0.05, 0) is 76.9 Å². The summed E-state index contributed by atoms with van der Waals surface area (Å²) in [4.78, 5) is 39.8. The lowest BCUT2D eigenvalue weighted by atomic mass is 9.91. The first kappa shape index (κ1) is 30.3. The van der Waals surface area contributed by atoms with Crippen LogP contribution in [0, 0.1) is 0 Å². The fourth-order valence-corrected chi connectivity index (χ4v) is 5.41. The number of benzene rings is 2. The van der Waals surface area contributed by atoms with Gasteiger partial charge >= 0.3 is 0 Å². The van der Waals surface area contributed by atoms with Crippen molar-refractivity contribution in [3.05, 3.63) is 83.7 Å². The number of carbonyl (C=O) groups is 2. The van der Waals surface area contributed by atoms with Crippen molar-refractivity contribution in [1.29, 1.82) is 0 Å². The van der Waals surface area contributed by atoms with Crippen molar-refractivity contribution in [1.82, 2.24) is 25.2 Å². The molecule has 2 heterocycles. The number of H-pyrrole nitrogens is 1. The molecule has 4 N–H and O–H groups in total. The molecule has 5 rings (SSSR count). The lowest BCUT2D eigenvalue weighted by Gasteiger charge is -2.30. The van der Waals surface area contributed by atoms with Crippen LogP contribution in [0.1, 0.15) is 49.9 Å². The SMILES string of the molecule is CC(C)N(C)C/C=C/C(=O)Nc1ccc(C(=O)NC2CCCC(Nc3ncc(Cl)c(-c4c[nH]c5ccccc45)n3)C2)cc1. The number of amides is 2. The van der Waals surface area contributed by atoms with E-state index in [-0.39, 0.29) is 23.9 Å². The van der Waals surface area contributed by atoms with Crippen LogP contribution in [-0.2, 0) is 4.79 Å². The van der Waals surface area contributed by atoms with Crippen LogP contribution in [0.3, 0.4) is 0 Å². The fourth-order valence-electron chi connectivity index (χ4n) is 5.22. The number of para-hydroxylation sites is 1. The van der Waals surface area contributed by atoms with E-state index >= 15 is 0 Å². The number of carbonyl (C=O) groups excluding carboxylic acids is 2. The molecule has 224 valence electrons. The number of aromatic nitrogens is 3. The second kappa shape index (κ2) is 13.8. The maximum atomic E-state index is 13.0. The Morgan fingerprint density at radius 3 is 2.67 bits per heavy atom. The number of hydrogen-bond acceptors (Lipinski definition) is 6. The van der Waals surface area contributed by atoms with Crippen LogP contribution in [0.2, 0.25) is 5.02 Å². The van der Waals surface area contributed by atoms with E-state index in [0.29, 0.717) is 40.5 Å². The second-order valence-electron chi connectivity index (χ2n) is 11.3. The summed E-state index contributed by atoms with van der Waals surface area (Å²) in [6.45, 7) is 4.90. The molecule has 4 aromatic rings. The number of likely N-dealkylation sites (N-methyl/N-ethyl adjacent to an activating group) is 1. The molecule has 2 amide bonds. The molecule has 0 bridgehead atoms. The zero-order valence-corrected chi connectivity index (χ0v) is 25.5. The first-order chi connectivity index (χ1) is 20.8. The van der Waals surface area contributed by atoms with E-state index in [0.717, 1.165) is 42.1 Å². The van der Waals surface area contributed by atoms with Gasteiger partial charge in [-0.25, -0.2) is 9.97 Å². The third kappa shape index (κ3) is 7.80. The Balaban J connectivity index is 1.15. The molecule has 9 nitrogen and oxygen atoms in total. The van der Waals surface area contributed by atoms with Gasteiger partial charge in [0.15, 0.2) is 0 Å². The van der Waals surface area contributed by atoms with Crippen molar-refractivity contribution in [3.8, 4) is 11.3 Å². The van der Waals surface area contributed by atoms with E-state index in [1.165, 1.54) is 6.08 Å². The number of nitrogens with zero attached hydrogens (tertiary/aromatic N) is 3. The first-order valence-electron chi connectivity index (χ1n) is 14.7. The largest absolute Gasteiger partial charge is 0.360 e. The highest BCUT2D eigenvalue weighted by Crippen LogP contribution is 2.32. The third-order valence-electron chi connectivity index (χ3n) is 7.89. The molecule has 2 atom stereocenters. The maximum Gasteiger partial charge on any atom is 0.251 e. The van der Waals surface area contributed by atoms with Crippen LogP contribution < -0.4 is 16.0 Å². The van der Waals surface area contributed by atoms with Crippen LogP contribution in [0.5, 0.6) is 0 Å². The molecule has 0 spiro atoms. The Morgan fingerprint density at radius 2 is 1.88 bits per heavy atom. The van der Waals surface area contributed by atoms with Crippen molar-refractivity contribution in [3.63, 3.8) is 0 Å². The van der Waals surface area contributed by atoms with Gasteiger partial charge in [0.2, 0.25) is 11.9 Å². The topological polar surface area (TPSA) is 115 Å². The molecule has 43 heavy (non-hydrogen) atoms. The molecule has 0 saturated heterocycles. The summed E-state index contributed by atoms with van der Waals surface area (Å²) in [6, 6.07) is 15.5. The molecule has 2 aromatic heterocycles. The van der Waals surface area contributed by atoms with E-state index in [1.54, 1.807) is 30.5 Å². The van der Waals surface area contributed by atoms with Gasteiger partial charge < -0.3 is 25.8 Å². The van der Waals surface area contributed by atoms with E-state index in [2.05, 4.69) is 44.7 Å². The van der Waals surface area contributed by atoms with E-state index in [4.69, 9.17) is 16.6 Å². The number of nitrogens with one attached hydrogen (secondary N) is 4. The Kier molecular flexibility index (Phi) is 9.74. The molecule has 0 radical (unpaired) electrons. The Bertz CT molecular complexity index is 1600. The van der Waals surface area contributed by atoms with Crippen LogP contribution >= 0.6 is 11.6 Å². The smallest absolute Gasteiger partial charge is 0.251 e. The lowest BCUT2D eigenvalue weighted by Crippen LogP contribution is -2.42. The van der Waals surface area contributed by atoms with Gasteiger partial charge in [0, 0.05) is 64.7 Å². The van der Waals surface area contributed by atoms with Gasteiger partial charge in [0.05, 0.1) is 16.9 Å². The van der Waals surface area contributed by atoms with Gasteiger partial charge in [-0.3, -0.25) is 9.59 Å². The molecule has 2 unspecified atom stereocenters. The minimum Gasteiger partial charge on any atom is -0.360 e. The zero-order chi connectivity index (χ0) is 30.3. The lowest BCUT2D eigenvalue weighted by molar-refractivity contribution is -0.111. The summed E-state index contributed by atoms with van der Waals surface area (Å²) in [5.74, 6) is 0.180. The Morgan fingerprint density at radius 1 is 1.12 bits per heavy atom. The first-order valence-corrected chi connectivity index (χ1v) is 15.1. The Hall–Kier alpha value is -4.21. The normalized spacial score (nSPS) is 17.1. The van der Waals surface area contributed by atoms with Crippen molar-refractivity contribution in [2.24, 2.45) is 0 Å². The zero-order valence-electron chi connectivity index (χ0n) is 24.7. The Labute approximate surface area is 257 Å². The standard InChI is InChI=1S/C33H38ClN7O2/c1-21(2)41(3)17-7-12-30(42)37-23-15-13-22(14-16-23)32(43)38-24-8-6-9-25(18-24)39-33-36-20-28(34)31(40-33)27-19-35-29-11-5-4-10-26(27)29/h4-5,7,10-16,19-21,24-25,35H,6,8-9,17-18H2,1-3H3,(H,37,42)(H,38,43)(H,36,39,40)/b12-7+. The summed E-state index contributed by atoms with van der Waals surface area (Å²) in [6.07, 6.45) is 10.5. The minimum absolute atomic E-state index is 0.0209. The number of halogens is 1. The summed E-state index contributed by atoms with van der Waals surface area (Å²) < 4.78 is 0. The van der Waals surface area contributed by atoms with Gasteiger partial charge in [0.1, 0.15) is 0 Å². The molecule has 1 aliphatic carbocycles. The summed E-state index contributed by atoms with van der Waals surface area (Å²) in [5, 5.41) is 11.0. The molecule has 0 aliphatic heterocycles. The van der Waals surface area contributed by atoms with Gasteiger partial charge in [-0.1, -0.05) is 35.9 Å². The second-order valence-corrected chi connectivity index (χ2v) is 11.7. The molecule has 2 aromatic carbocycles. The summed E-state index contributed by atoms with van der Waals surface area (Å²) >= 11 is 6.50. The number of rotatable bonds is 10. The van der Waals surface area contributed by atoms with Crippen molar-refractivity contribution in [2.45, 2.75) is 57.7 Å². The molecule has 1 saturated carbocycles. The van der Waals surface area contributed by atoms with Crippen molar-refractivity contribution in [2.75, 3.05) is 24.2 Å². The van der Waals surface area contributed by atoms with Crippen LogP contribution in [0.25, 0.3) is 22.2 Å². The fraction of sp³-hybridized carbons (Fsp3) is 0.333. The average Bonchev–Trinajstić information content (AvgIpc) is 3.42. The number of hydrogen-bond donors (Lipinski definition) is 4. The molecular formula is C33H38ClN7O2. The predicted molar refractivity (Wildman–Crippen MR) is 173 cm³/mol. The molecular weight excluding hydrogens is 562 g/mol. The number of anilines is 2. The number of fused-ring (bicyclic) bond motifs is 1. The third-order valence-corrected chi connectivity index (χ3v) is 8.17.